The molecule has 2 unspecified atom stereocenters. The average molecular weight is 504 g/mol. The Bertz CT molecular complexity index is 1150. The zero-order valence-corrected chi connectivity index (χ0v) is 23.7. The van der Waals surface area contributed by atoms with Crippen LogP contribution < -0.4 is 0 Å². The van der Waals surface area contributed by atoms with Crippen molar-refractivity contribution in [3.05, 3.63) is 96.9 Å². The van der Waals surface area contributed by atoms with E-state index in [0.717, 1.165) is 6.42 Å². The van der Waals surface area contributed by atoms with Gasteiger partial charge in [0.05, 0.1) is 0 Å². The van der Waals surface area contributed by atoms with Crippen LogP contribution in [0.2, 0.25) is 13.1 Å². The molecule has 0 amide bonds. The van der Waals surface area contributed by atoms with Gasteiger partial charge in [-0.3, -0.25) is 0 Å². The molecular weight excluding hydrogens is 468 g/mol. The third-order valence-electron chi connectivity index (χ3n) is 7.48. The summed E-state index contributed by atoms with van der Waals surface area (Å²) in [5.74, 6) is 0.659. The summed E-state index contributed by atoms with van der Waals surface area (Å²) >= 11 is -1.91. The van der Waals surface area contributed by atoms with E-state index in [1.165, 1.54) is 28.7 Å². The first kappa shape index (κ1) is 22.9. The molecule has 2 aromatic carbocycles. The molecule has 0 aliphatic heterocycles. The summed E-state index contributed by atoms with van der Waals surface area (Å²) in [6.07, 6.45) is 5.07. The topological polar surface area (TPSA) is 0 Å². The van der Waals surface area contributed by atoms with Crippen LogP contribution in [-0.4, -0.2) is 5.43 Å². The molecule has 2 aliphatic carbocycles. The van der Waals surface area contributed by atoms with E-state index in [4.69, 9.17) is 0 Å². The van der Waals surface area contributed by atoms with Crippen LogP contribution in [0.25, 0.3) is 5.57 Å². The number of aryl methyl sites for hydroxylation is 1. The quantitative estimate of drug-likeness (QED) is 0.360. The summed E-state index contributed by atoms with van der Waals surface area (Å²) in [6, 6.07) is 18.6. The fourth-order valence-corrected chi connectivity index (χ4v) is 25.3. The van der Waals surface area contributed by atoms with E-state index in [2.05, 4.69) is 102 Å². The van der Waals surface area contributed by atoms with Crippen molar-refractivity contribution in [2.45, 2.75) is 64.2 Å². The van der Waals surface area contributed by atoms with Crippen LogP contribution in [0.5, 0.6) is 0 Å². The monoisotopic (exact) mass is 502 g/mol. The van der Waals surface area contributed by atoms with Gasteiger partial charge in [-0.15, -0.1) is 0 Å². The zero-order valence-electron chi connectivity index (χ0n) is 20.3. The molecule has 0 aromatic heterocycles. The molecule has 0 N–H and O–H groups in total. The molecule has 0 spiro atoms. The van der Waals surface area contributed by atoms with Crippen LogP contribution in [0.3, 0.4) is 0 Å². The van der Waals surface area contributed by atoms with E-state index in [1.54, 1.807) is 22.3 Å². The third kappa shape index (κ3) is 4.11. The van der Waals surface area contributed by atoms with Crippen LogP contribution in [0.4, 0.5) is 0 Å². The first-order chi connectivity index (χ1) is 14.8. The van der Waals surface area contributed by atoms with E-state index in [-0.39, 0.29) is 5.43 Å². The molecule has 160 valence electrons. The molecule has 0 nitrogen and oxygen atoms in total. The van der Waals surface area contributed by atoms with Crippen molar-refractivity contribution in [3.8, 4) is 0 Å². The predicted octanol–water partition coefficient (Wildman–Crippen LogP) is 8.25. The molecule has 4 rings (SSSR count). The van der Waals surface area contributed by atoms with Gasteiger partial charge in [-0.25, -0.2) is 0 Å². The molecule has 0 saturated carbocycles. The van der Waals surface area contributed by atoms with Crippen LogP contribution in [-0.2, 0) is 26.8 Å². The van der Waals surface area contributed by atoms with E-state index in [1.807, 2.05) is 3.28 Å². The first-order valence-corrected chi connectivity index (χ1v) is 20.6. The second-order valence-corrected chi connectivity index (χ2v) is 27.0. The van der Waals surface area contributed by atoms with E-state index >= 15 is 0 Å². The van der Waals surface area contributed by atoms with Gasteiger partial charge in [0, 0.05) is 0 Å². The van der Waals surface area contributed by atoms with Crippen molar-refractivity contribution >= 4 is 11.0 Å². The molecule has 0 bridgehead atoms. The van der Waals surface area contributed by atoms with Gasteiger partial charge in [-0.05, 0) is 0 Å². The summed E-state index contributed by atoms with van der Waals surface area (Å²) < 4.78 is 2.59. The van der Waals surface area contributed by atoms with Gasteiger partial charge < -0.3 is 0 Å². The second-order valence-electron chi connectivity index (χ2n) is 9.58. The Morgan fingerprint density at radius 2 is 1.68 bits per heavy atom. The van der Waals surface area contributed by atoms with Crippen molar-refractivity contribution in [1.82, 2.24) is 0 Å². The summed E-state index contributed by atoms with van der Waals surface area (Å²) in [7, 11) is 0. The minimum absolute atomic E-state index is 0.345. The maximum atomic E-state index is 2.71. The molecule has 0 saturated heterocycles. The van der Waals surface area contributed by atoms with E-state index in [0.29, 0.717) is 9.54 Å². The Hall–Kier alpha value is -1.24. The molecule has 2 aromatic rings. The Labute approximate surface area is 197 Å². The first-order valence-electron chi connectivity index (χ1n) is 11.8. The predicted molar refractivity (Wildman–Crippen MR) is 134 cm³/mol. The van der Waals surface area contributed by atoms with Crippen LogP contribution in [0.15, 0.2) is 74.6 Å². The number of hydrogen-bond donors (Lipinski definition) is 0. The molecule has 0 radical (unpaired) electrons. The summed E-state index contributed by atoms with van der Waals surface area (Å²) in [4.78, 5) is 0. The molecule has 0 fully saturated rings. The Morgan fingerprint density at radius 1 is 0.935 bits per heavy atom. The van der Waals surface area contributed by atoms with Gasteiger partial charge in [-0.2, -0.15) is 0 Å². The van der Waals surface area contributed by atoms with Crippen molar-refractivity contribution in [2.24, 2.45) is 5.92 Å². The van der Waals surface area contributed by atoms with Gasteiger partial charge in [0.2, 0.25) is 0 Å². The number of benzene rings is 2. The third-order valence-corrected chi connectivity index (χ3v) is 26.0. The van der Waals surface area contributed by atoms with Crippen LogP contribution in [0, 0.1) is 5.92 Å². The Balaban J connectivity index is 1.87. The fraction of sp³-hybridized carbons (Fsp3) is 0.379. The molecule has 2 heteroatoms. The molecule has 2 atom stereocenters. The van der Waals surface area contributed by atoms with Crippen molar-refractivity contribution in [3.63, 3.8) is 0 Å². The van der Waals surface area contributed by atoms with Crippen LogP contribution >= 0.6 is 0 Å². The normalized spacial score (nSPS) is 20.3. The number of rotatable bonds is 5. The average Bonchev–Trinajstić information content (AvgIpc) is 3.22. The number of fused-ring (bicyclic) bond motifs is 1. The fourth-order valence-electron chi connectivity index (χ4n) is 5.58. The summed E-state index contributed by atoms with van der Waals surface area (Å²) in [6.45, 7) is 17.1. The molecular formula is C29H36SiZr. The zero-order chi connectivity index (χ0) is 22.3. The van der Waals surface area contributed by atoms with Gasteiger partial charge in [0.1, 0.15) is 0 Å². The standard InChI is InChI=1S/C18H17.C9H13.C2H6Si.Zr/c1-2-6-14-7-5-9-16(13-14)18-12-11-15-8-3-4-10-17(15)18;1-6-5-7(2)9(4)8(6)3;1-3-2;/h3-5,7-13H,2,6H2,1H3;6H,1-4H3;1-2H3;. The van der Waals surface area contributed by atoms with E-state index in [9.17, 15) is 0 Å². The Kier molecular flexibility index (Phi) is 6.90. The molecule has 2 aliphatic rings. The summed E-state index contributed by atoms with van der Waals surface area (Å²) in [5, 5.41) is 0. The summed E-state index contributed by atoms with van der Waals surface area (Å²) in [5.41, 5.74) is 12.0. The van der Waals surface area contributed by atoms with Gasteiger partial charge in [-0.1, -0.05) is 0 Å². The Morgan fingerprint density at radius 3 is 2.32 bits per heavy atom. The minimum atomic E-state index is -1.91. The second kappa shape index (κ2) is 9.32. The van der Waals surface area contributed by atoms with Gasteiger partial charge >= 0.3 is 198 Å². The number of hydrogen-bond acceptors (Lipinski definition) is 0. The van der Waals surface area contributed by atoms with Crippen molar-refractivity contribution < 1.29 is 20.4 Å². The van der Waals surface area contributed by atoms with E-state index < -0.39 is 20.4 Å². The molecule has 31 heavy (non-hydrogen) atoms. The number of allylic oxidation sites excluding steroid dienone is 5. The van der Waals surface area contributed by atoms with Gasteiger partial charge in [0.15, 0.2) is 0 Å². The van der Waals surface area contributed by atoms with Crippen LogP contribution in [0.1, 0.15) is 66.9 Å². The van der Waals surface area contributed by atoms with Crippen molar-refractivity contribution in [2.75, 3.05) is 0 Å². The SMILES string of the molecule is CCCc1cccc(C2=C[CH]([Zr]([C]3=C(C)C(C)=C(C)C3C)=[Si](C)C)c3ccccc32)c1. The maximum absolute atomic E-state index is 2.71. The van der Waals surface area contributed by atoms with Gasteiger partial charge in [0.25, 0.3) is 0 Å². The molecule has 0 heterocycles. The van der Waals surface area contributed by atoms with Crippen molar-refractivity contribution in [1.29, 1.82) is 0 Å².